The van der Waals surface area contributed by atoms with Gasteiger partial charge in [0, 0.05) is 36.7 Å². The van der Waals surface area contributed by atoms with Crippen LogP contribution in [0, 0.1) is 17.2 Å². The Labute approximate surface area is 135 Å². The van der Waals surface area contributed by atoms with E-state index in [0.29, 0.717) is 23.2 Å². The number of hydrogen-bond donors (Lipinski definition) is 0. The number of nitriles is 1. The van der Waals surface area contributed by atoms with E-state index in [9.17, 15) is 5.26 Å². The molecule has 4 rings (SSSR count). The van der Waals surface area contributed by atoms with E-state index in [4.69, 9.17) is 9.72 Å². The van der Waals surface area contributed by atoms with Crippen LogP contribution in [0.15, 0.2) is 24.4 Å². The molecule has 5 heteroatoms. The van der Waals surface area contributed by atoms with Crippen LogP contribution in [0.25, 0.3) is 11.0 Å². The fourth-order valence-electron chi connectivity index (χ4n) is 3.91. The lowest BCUT2D eigenvalue weighted by molar-refractivity contribution is 0.0454. The molecule has 0 N–H and O–H groups in total. The van der Waals surface area contributed by atoms with E-state index < -0.39 is 0 Å². The zero-order chi connectivity index (χ0) is 15.6. The van der Waals surface area contributed by atoms with Crippen molar-refractivity contribution in [3.05, 3.63) is 30.0 Å². The molecule has 0 aliphatic carbocycles. The molecule has 2 fully saturated rings. The number of fused-ring (bicyclic) bond motifs is 1. The zero-order valence-electron chi connectivity index (χ0n) is 13.1. The molecule has 4 heterocycles. The van der Waals surface area contributed by atoms with Gasteiger partial charge in [-0.2, -0.15) is 5.26 Å². The van der Waals surface area contributed by atoms with Crippen molar-refractivity contribution >= 4 is 16.9 Å². The molecule has 118 valence electrons. The van der Waals surface area contributed by atoms with Gasteiger partial charge >= 0.3 is 0 Å². The molecule has 0 saturated carbocycles. The molecule has 2 aromatic rings. The van der Waals surface area contributed by atoms with Crippen LogP contribution in [-0.2, 0) is 4.74 Å². The van der Waals surface area contributed by atoms with E-state index in [1.54, 1.807) is 6.20 Å². The predicted octanol–water partition coefficient (Wildman–Crippen LogP) is 2.90. The number of hydrogen-bond acceptors (Lipinski definition) is 5. The van der Waals surface area contributed by atoms with E-state index in [1.807, 2.05) is 18.2 Å². The number of pyridine rings is 2. The van der Waals surface area contributed by atoms with E-state index in [2.05, 4.69) is 16.0 Å². The molecule has 2 atom stereocenters. The highest BCUT2D eigenvalue weighted by Gasteiger charge is 2.34. The van der Waals surface area contributed by atoms with Crippen molar-refractivity contribution in [1.29, 1.82) is 5.26 Å². The monoisotopic (exact) mass is 308 g/mol. The Morgan fingerprint density at radius 3 is 3.09 bits per heavy atom. The Morgan fingerprint density at radius 1 is 1.30 bits per heavy atom. The molecule has 2 aromatic heterocycles. The molecule has 5 nitrogen and oxygen atoms in total. The summed E-state index contributed by atoms with van der Waals surface area (Å²) in [6.07, 6.45) is 6.39. The lowest BCUT2D eigenvalue weighted by Gasteiger charge is -2.35. The smallest absolute Gasteiger partial charge is 0.161 e. The number of rotatable bonds is 2. The summed E-state index contributed by atoms with van der Waals surface area (Å²) in [5.74, 6) is 1.34. The first kappa shape index (κ1) is 14.4. The summed E-state index contributed by atoms with van der Waals surface area (Å²) in [7, 11) is 0. The lowest BCUT2D eigenvalue weighted by atomic mass is 9.92. The van der Waals surface area contributed by atoms with Crippen LogP contribution < -0.4 is 4.90 Å². The van der Waals surface area contributed by atoms with Gasteiger partial charge in [0.1, 0.15) is 11.9 Å². The van der Waals surface area contributed by atoms with Crippen LogP contribution in [0.1, 0.15) is 31.2 Å². The van der Waals surface area contributed by atoms with Gasteiger partial charge in [-0.25, -0.2) is 9.97 Å². The van der Waals surface area contributed by atoms with Crippen molar-refractivity contribution in [2.45, 2.75) is 31.7 Å². The lowest BCUT2D eigenvalue weighted by Crippen LogP contribution is -2.40. The minimum atomic E-state index is 0.427. The van der Waals surface area contributed by atoms with Gasteiger partial charge in [0.15, 0.2) is 5.65 Å². The summed E-state index contributed by atoms with van der Waals surface area (Å²) in [5.41, 5.74) is 1.36. The average Bonchev–Trinajstić information content (AvgIpc) is 3.11. The number of nitrogens with zero attached hydrogens (tertiary/aromatic N) is 4. The molecule has 2 unspecified atom stereocenters. The summed E-state index contributed by atoms with van der Waals surface area (Å²) < 4.78 is 5.68. The van der Waals surface area contributed by atoms with Crippen molar-refractivity contribution in [2.24, 2.45) is 5.92 Å². The van der Waals surface area contributed by atoms with Crippen LogP contribution in [-0.4, -0.2) is 35.8 Å². The maximum Gasteiger partial charge on any atom is 0.161 e. The molecular weight excluding hydrogens is 288 g/mol. The summed E-state index contributed by atoms with van der Waals surface area (Å²) in [6, 6.07) is 8.50. The fraction of sp³-hybridized carbons (Fsp3) is 0.500. The standard InChI is InChI=1S/C18H20N4O/c19-11-15-10-13-4-1-7-20-17(13)21-18(15)22-8-2-6-16(22)14-5-3-9-23-12-14/h1,4,7,10,14,16H,2-3,5-6,8-9,12H2. The summed E-state index contributed by atoms with van der Waals surface area (Å²) in [5, 5.41) is 10.5. The third kappa shape index (κ3) is 2.64. The van der Waals surface area contributed by atoms with Crippen LogP contribution >= 0.6 is 0 Å². The van der Waals surface area contributed by atoms with Crippen LogP contribution in [0.2, 0.25) is 0 Å². The van der Waals surface area contributed by atoms with Gasteiger partial charge in [-0.3, -0.25) is 0 Å². The highest BCUT2D eigenvalue weighted by molar-refractivity contribution is 5.80. The van der Waals surface area contributed by atoms with Gasteiger partial charge in [-0.1, -0.05) is 0 Å². The minimum Gasteiger partial charge on any atom is -0.381 e. The largest absolute Gasteiger partial charge is 0.381 e. The second-order valence-electron chi connectivity index (χ2n) is 6.40. The molecule has 0 spiro atoms. The third-order valence-electron chi connectivity index (χ3n) is 5.00. The number of anilines is 1. The van der Waals surface area contributed by atoms with Crippen LogP contribution in [0.4, 0.5) is 5.82 Å². The van der Waals surface area contributed by atoms with Crippen molar-refractivity contribution in [3.63, 3.8) is 0 Å². The SMILES string of the molecule is N#Cc1cc2cccnc2nc1N1CCCC1C1CCCOC1. The maximum absolute atomic E-state index is 9.57. The normalized spacial score (nSPS) is 24.7. The molecular formula is C18H20N4O. The first-order valence-electron chi connectivity index (χ1n) is 8.37. The Balaban J connectivity index is 1.73. The number of aromatic nitrogens is 2. The summed E-state index contributed by atoms with van der Waals surface area (Å²) >= 11 is 0. The zero-order valence-corrected chi connectivity index (χ0v) is 13.1. The highest BCUT2D eigenvalue weighted by Crippen LogP contribution is 2.34. The van der Waals surface area contributed by atoms with Gasteiger partial charge in [-0.05, 0) is 43.9 Å². The number of ether oxygens (including phenoxy) is 1. The Kier molecular flexibility index (Phi) is 3.84. The topological polar surface area (TPSA) is 62.0 Å². The molecule has 0 aromatic carbocycles. The second kappa shape index (κ2) is 6.13. The van der Waals surface area contributed by atoms with Crippen molar-refractivity contribution in [3.8, 4) is 6.07 Å². The van der Waals surface area contributed by atoms with Gasteiger partial charge in [0.05, 0.1) is 12.2 Å². The molecule has 0 amide bonds. The minimum absolute atomic E-state index is 0.427. The van der Waals surface area contributed by atoms with Gasteiger partial charge in [0.2, 0.25) is 0 Å². The van der Waals surface area contributed by atoms with Gasteiger partial charge in [0.25, 0.3) is 0 Å². The Morgan fingerprint density at radius 2 is 2.26 bits per heavy atom. The molecule has 0 radical (unpaired) electrons. The van der Waals surface area contributed by atoms with Crippen molar-refractivity contribution in [1.82, 2.24) is 9.97 Å². The van der Waals surface area contributed by atoms with Gasteiger partial charge < -0.3 is 9.64 Å². The van der Waals surface area contributed by atoms with Crippen LogP contribution in [0.5, 0.6) is 0 Å². The molecule has 2 aliphatic heterocycles. The third-order valence-corrected chi connectivity index (χ3v) is 5.00. The molecule has 2 aliphatic rings. The first-order valence-corrected chi connectivity index (χ1v) is 8.37. The first-order chi connectivity index (χ1) is 11.4. The molecule has 23 heavy (non-hydrogen) atoms. The van der Waals surface area contributed by atoms with Crippen molar-refractivity contribution < 1.29 is 4.74 Å². The molecule has 0 bridgehead atoms. The highest BCUT2D eigenvalue weighted by atomic mass is 16.5. The maximum atomic E-state index is 9.57. The average molecular weight is 308 g/mol. The van der Waals surface area contributed by atoms with Crippen molar-refractivity contribution in [2.75, 3.05) is 24.7 Å². The van der Waals surface area contributed by atoms with E-state index >= 15 is 0 Å². The Bertz CT molecular complexity index is 748. The fourth-order valence-corrected chi connectivity index (χ4v) is 3.91. The van der Waals surface area contributed by atoms with Gasteiger partial charge in [-0.15, -0.1) is 0 Å². The van der Waals surface area contributed by atoms with E-state index in [0.717, 1.165) is 50.2 Å². The second-order valence-corrected chi connectivity index (χ2v) is 6.40. The van der Waals surface area contributed by atoms with E-state index in [1.165, 1.54) is 6.42 Å². The summed E-state index contributed by atoms with van der Waals surface area (Å²) in [4.78, 5) is 11.4. The molecule has 2 saturated heterocycles. The van der Waals surface area contributed by atoms with Crippen LogP contribution in [0.3, 0.4) is 0 Å². The summed E-state index contributed by atoms with van der Waals surface area (Å²) in [6.45, 7) is 2.67. The predicted molar refractivity (Wildman–Crippen MR) is 88.2 cm³/mol. The Hall–Kier alpha value is -2.19. The quantitative estimate of drug-likeness (QED) is 0.853. The van der Waals surface area contributed by atoms with E-state index in [-0.39, 0.29) is 0 Å².